The predicted molar refractivity (Wildman–Crippen MR) is 71.9 cm³/mol. The van der Waals surface area contributed by atoms with Crippen molar-refractivity contribution in [1.82, 2.24) is 5.32 Å². The molecule has 3 heteroatoms. The summed E-state index contributed by atoms with van der Waals surface area (Å²) in [5, 5.41) is 3.30. The fourth-order valence-corrected chi connectivity index (χ4v) is 4.94. The number of rotatable bonds is 5. The molecule has 1 amide bonds. The molecule has 5 atom stereocenters. The van der Waals surface area contributed by atoms with Crippen molar-refractivity contribution >= 4 is 5.91 Å². The molecule has 0 aromatic heterocycles. The van der Waals surface area contributed by atoms with Crippen molar-refractivity contribution in [2.24, 2.45) is 29.4 Å². The van der Waals surface area contributed by atoms with E-state index in [0.29, 0.717) is 19.0 Å². The number of amides is 1. The third kappa shape index (κ3) is 2.18. The second-order valence-electron chi connectivity index (χ2n) is 6.57. The summed E-state index contributed by atoms with van der Waals surface area (Å²) in [4.78, 5) is 11.9. The first kappa shape index (κ1) is 12.5. The summed E-state index contributed by atoms with van der Waals surface area (Å²) in [7, 11) is 0. The lowest BCUT2D eigenvalue weighted by molar-refractivity contribution is -0.122. The Labute approximate surface area is 110 Å². The van der Waals surface area contributed by atoms with E-state index in [1.165, 1.54) is 32.1 Å². The van der Waals surface area contributed by atoms with Crippen molar-refractivity contribution in [1.29, 1.82) is 0 Å². The number of carbonyl (C=O) groups excluding carboxylic acids is 1. The molecule has 0 heterocycles. The minimum absolute atomic E-state index is 0.260. The molecule has 0 spiro atoms. The van der Waals surface area contributed by atoms with Gasteiger partial charge >= 0.3 is 0 Å². The average molecular weight is 250 g/mol. The van der Waals surface area contributed by atoms with Crippen molar-refractivity contribution in [3.8, 4) is 0 Å². The van der Waals surface area contributed by atoms with E-state index < -0.39 is 0 Å². The smallest absolute Gasteiger partial charge is 0.220 e. The van der Waals surface area contributed by atoms with Crippen molar-refractivity contribution in [2.45, 2.75) is 57.4 Å². The third-order valence-electron chi connectivity index (χ3n) is 5.63. The molecule has 0 saturated heterocycles. The van der Waals surface area contributed by atoms with Crippen LogP contribution in [-0.4, -0.2) is 18.5 Å². The van der Waals surface area contributed by atoms with Gasteiger partial charge in [-0.2, -0.15) is 0 Å². The van der Waals surface area contributed by atoms with Gasteiger partial charge in [-0.25, -0.2) is 0 Å². The second-order valence-corrected chi connectivity index (χ2v) is 6.57. The van der Waals surface area contributed by atoms with Crippen LogP contribution in [0.25, 0.3) is 0 Å². The predicted octanol–water partition coefficient (Wildman–Crippen LogP) is 2.06. The van der Waals surface area contributed by atoms with Crippen molar-refractivity contribution in [2.75, 3.05) is 6.54 Å². The Morgan fingerprint density at radius 2 is 1.94 bits per heavy atom. The van der Waals surface area contributed by atoms with E-state index in [9.17, 15) is 4.79 Å². The quantitative estimate of drug-likeness (QED) is 0.734. The number of carbonyl (C=O) groups is 1. The van der Waals surface area contributed by atoms with Gasteiger partial charge in [0.25, 0.3) is 0 Å². The first-order chi connectivity index (χ1) is 8.79. The summed E-state index contributed by atoms with van der Waals surface area (Å²) >= 11 is 0. The van der Waals surface area contributed by atoms with Gasteiger partial charge in [-0.1, -0.05) is 6.42 Å². The fraction of sp³-hybridized carbons (Fsp3) is 0.933. The van der Waals surface area contributed by atoms with Crippen LogP contribution in [0.5, 0.6) is 0 Å². The van der Waals surface area contributed by atoms with Gasteiger partial charge in [0, 0.05) is 12.5 Å². The number of hydrogen-bond acceptors (Lipinski definition) is 2. The van der Waals surface area contributed by atoms with Crippen molar-refractivity contribution < 1.29 is 4.79 Å². The summed E-state index contributed by atoms with van der Waals surface area (Å²) in [5.74, 6) is 3.95. The second kappa shape index (κ2) is 5.20. The summed E-state index contributed by atoms with van der Waals surface area (Å²) in [6, 6.07) is 0.500. The van der Waals surface area contributed by atoms with Gasteiger partial charge < -0.3 is 11.1 Å². The van der Waals surface area contributed by atoms with Crippen LogP contribution in [0.15, 0.2) is 0 Å². The largest absolute Gasteiger partial charge is 0.353 e. The highest BCUT2D eigenvalue weighted by Gasteiger charge is 2.53. The van der Waals surface area contributed by atoms with Crippen molar-refractivity contribution in [3.63, 3.8) is 0 Å². The maximum Gasteiger partial charge on any atom is 0.220 e. The normalized spacial score (nSPS) is 41.1. The molecular formula is C15H26N2O. The lowest BCUT2D eigenvalue weighted by Crippen LogP contribution is -2.42. The van der Waals surface area contributed by atoms with Gasteiger partial charge in [-0.3, -0.25) is 4.79 Å². The van der Waals surface area contributed by atoms with Crippen LogP contribution < -0.4 is 11.1 Å². The molecule has 0 aliphatic heterocycles. The van der Waals surface area contributed by atoms with Crippen LogP contribution in [-0.2, 0) is 4.79 Å². The number of nitrogens with two attached hydrogens (primary N) is 1. The molecule has 3 nitrogen and oxygen atoms in total. The topological polar surface area (TPSA) is 55.1 Å². The van der Waals surface area contributed by atoms with Gasteiger partial charge in [0.05, 0.1) is 0 Å². The lowest BCUT2D eigenvalue weighted by Gasteiger charge is -2.32. The maximum atomic E-state index is 11.9. The Morgan fingerprint density at radius 1 is 1.11 bits per heavy atom. The Kier molecular flexibility index (Phi) is 3.60. The summed E-state index contributed by atoms with van der Waals surface area (Å²) in [6.07, 6.45) is 9.54. The Hall–Kier alpha value is -0.570. The number of fused-ring (bicyclic) bond motifs is 5. The standard InChI is InChI=1S/C15H26N2O/c16-7-2-1-6-15(18)17-14-9-10-8-13(14)12-5-3-4-11(10)12/h10-14H,1-9,16H2,(H,17,18). The van der Waals surface area contributed by atoms with E-state index >= 15 is 0 Å². The maximum absolute atomic E-state index is 11.9. The Balaban J connectivity index is 1.49. The van der Waals surface area contributed by atoms with Gasteiger partial charge in [0.2, 0.25) is 5.91 Å². The number of unbranched alkanes of at least 4 members (excludes halogenated alkanes) is 1. The Morgan fingerprint density at radius 3 is 2.78 bits per heavy atom. The molecule has 3 N–H and O–H groups in total. The van der Waals surface area contributed by atoms with E-state index in [0.717, 1.165) is 36.5 Å². The molecule has 102 valence electrons. The van der Waals surface area contributed by atoms with Crippen LogP contribution in [0.3, 0.4) is 0 Å². The van der Waals surface area contributed by atoms with Crippen LogP contribution in [0, 0.1) is 23.7 Å². The average Bonchev–Trinajstić information content (AvgIpc) is 3.00. The SMILES string of the molecule is NCCCCC(=O)NC1CC2CC1C1CCCC21. The van der Waals surface area contributed by atoms with Crippen LogP contribution in [0.4, 0.5) is 0 Å². The zero-order valence-electron chi connectivity index (χ0n) is 11.2. The molecule has 18 heavy (non-hydrogen) atoms. The molecule has 3 fully saturated rings. The molecule has 3 aliphatic carbocycles. The van der Waals surface area contributed by atoms with Gasteiger partial charge in [-0.05, 0) is 68.7 Å². The molecule has 0 radical (unpaired) electrons. The van der Waals surface area contributed by atoms with Crippen LogP contribution in [0.2, 0.25) is 0 Å². The zero-order valence-corrected chi connectivity index (χ0v) is 11.2. The Bertz CT molecular complexity index is 318. The van der Waals surface area contributed by atoms with Gasteiger partial charge in [0.15, 0.2) is 0 Å². The molecule has 3 aliphatic rings. The monoisotopic (exact) mass is 250 g/mol. The molecule has 0 aromatic rings. The molecule has 2 bridgehead atoms. The summed E-state index contributed by atoms with van der Waals surface area (Å²) < 4.78 is 0. The number of nitrogens with one attached hydrogen (secondary N) is 1. The molecule has 3 saturated carbocycles. The highest BCUT2D eigenvalue weighted by Crippen LogP contribution is 2.58. The van der Waals surface area contributed by atoms with E-state index in [2.05, 4.69) is 5.32 Å². The minimum Gasteiger partial charge on any atom is -0.353 e. The van der Waals surface area contributed by atoms with E-state index in [1.807, 2.05) is 0 Å². The zero-order chi connectivity index (χ0) is 12.5. The first-order valence-corrected chi connectivity index (χ1v) is 7.79. The van der Waals surface area contributed by atoms with Crippen molar-refractivity contribution in [3.05, 3.63) is 0 Å². The highest BCUT2D eigenvalue weighted by atomic mass is 16.1. The van der Waals surface area contributed by atoms with Crippen LogP contribution in [0.1, 0.15) is 51.4 Å². The fourth-order valence-electron chi connectivity index (χ4n) is 4.94. The minimum atomic E-state index is 0.260. The lowest BCUT2D eigenvalue weighted by atomic mass is 9.79. The molecule has 0 aromatic carbocycles. The highest BCUT2D eigenvalue weighted by molar-refractivity contribution is 5.76. The van der Waals surface area contributed by atoms with E-state index in [-0.39, 0.29) is 5.91 Å². The molecular weight excluding hydrogens is 224 g/mol. The van der Waals surface area contributed by atoms with E-state index in [4.69, 9.17) is 5.73 Å². The first-order valence-electron chi connectivity index (χ1n) is 7.79. The summed E-state index contributed by atoms with van der Waals surface area (Å²) in [6.45, 7) is 0.700. The molecule has 3 rings (SSSR count). The summed E-state index contributed by atoms with van der Waals surface area (Å²) in [5.41, 5.74) is 5.45. The van der Waals surface area contributed by atoms with Crippen LogP contribution >= 0.6 is 0 Å². The van der Waals surface area contributed by atoms with Gasteiger partial charge in [0.1, 0.15) is 0 Å². The van der Waals surface area contributed by atoms with Gasteiger partial charge in [-0.15, -0.1) is 0 Å². The van der Waals surface area contributed by atoms with E-state index in [1.54, 1.807) is 0 Å². The molecule has 5 unspecified atom stereocenters. The number of hydrogen-bond donors (Lipinski definition) is 2. The third-order valence-corrected chi connectivity index (χ3v) is 5.63.